The van der Waals surface area contributed by atoms with Crippen molar-refractivity contribution >= 4 is 11.9 Å². The average Bonchev–Trinajstić information content (AvgIpc) is 2.91. The fourth-order valence-corrected chi connectivity index (χ4v) is 5.28. The summed E-state index contributed by atoms with van der Waals surface area (Å²) in [6, 6.07) is 35.5. The highest BCUT2D eigenvalue weighted by atomic mass is 16.5. The van der Waals surface area contributed by atoms with Gasteiger partial charge in [0.1, 0.15) is 6.10 Å². The predicted octanol–water partition coefficient (Wildman–Crippen LogP) is 6.34. The van der Waals surface area contributed by atoms with Crippen molar-refractivity contribution in [2.24, 2.45) is 5.92 Å². The van der Waals surface area contributed by atoms with Crippen LogP contribution in [-0.2, 0) is 27.2 Å². The van der Waals surface area contributed by atoms with Gasteiger partial charge in [0.2, 0.25) is 0 Å². The Morgan fingerprint density at radius 3 is 1.86 bits per heavy atom. The van der Waals surface area contributed by atoms with E-state index < -0.39 is 24.0 Å². The van der Waals surface area contributed by atoms with E-state index in [1.165, 1.54) is 0 Å². The second-order valence-electron chi connectivity index (χ2n) is 9.28. The number of ether oxygens (including phenoxy) is 1. The highest BCUT2D eigenvalue weighted by molar-refractivity contribution is 5.81. The minimum Gasteiger partial charge on any atom is -0.481 e. The number of carbonyl (C=O) groups excluding carboxylic acids is 1. The molecule has 0 saturated heterocycles. The highest BCUT2D eigenvalue weighted by Crippen LogP contribution is 2.43. The summed E-state index contributed by atoms with van der Waals surface area (Å²) < 4.78 is 6.18. The van der Waals surface area contributed by atoms with Gasteiger partial charge in [0.15, 0.2) is 0 Å². The van der Waals surface area contributed by atoms with Gasteiger partial charge in [0, 0.05) is 12.3 Å². The zero-order valence-corrected chi connectivity index (χ0v) is 19.9. The Morgan fingerprint density at radius 1 is 0.750 bits per heavy atom. The summed E-state index contributed by atoms with van der Waals surface area (Å²) in [7, 11) is 0. The molecule has 0 saturated carbocycles. The first-order valence-electron chi connectivity index (χ1n) is 12.3. The molecule has 2 unspecified atom stereocenters. The van der Waals surface area contributed by atoms with Crippen LogP contribution >= 0.6 is 0 Å². The Labute approximate surface area is 211 Å². The van der Waals surface area contributed by atoms with Gasteiger partial charge < -0.3 is 9.84 Å². The Balaban J connectivity index is 1.52. The summed E-state index contributed by atoms with van der Waals surface area (Å²) in [5, 5.41) is 9.84. The molecule has 0 aromatic heterocycles. The number of carboxylic acid groups (broad SMARTS) is 1. The van der Waals surface area contributed by atoms with E-state index in [4.69, 9.17) is 4.74 Å². The molecule has 0 amide bonds. The topological polar surface area (TPSA) is 63.6 Å². The SMILES string of the molecule is O=C(O)CC(C(=O)OC(Cc1ccccc1)c1ccccc1)C1c2ccccc2Cc2ccccc21. The summed E-state index contributed by atoms with van der Waals surface area (Å²) in [6.07, 6.45) is 0.442. The van der Waals surface area contributed by atoms with Crippen LogP contribution in [0.5, 0.6) is 0 Å². The van der Waals surface area contributed by atoms with E-state index in [2.05, 4.69) is 12.1 Å². The van der Waals surface area contributed by atoms with Gasteiger partial charge >= 0.3 is 11.9 Å². The molecule has 36 heavy (non-hydrogen) atoms. The fraction of sp³-hybridized carbons (Fsp3) is 0.188. The van der Waals surface area contributed by atoms with Crippen molar-refractivity contribution in [3.63, 3.8) is 0 Å². The molecule has 5 rings (SSSR count). The lowest BCUT2D eigenvalue weighted by Gasteiger charge is -2.33. The van der Waals surface area contributed by atoms with E-state index in [-0.39, 0.29) is 12.3 Å². The smallest absolute Gasteiger partial charge is 0.311 e. The lowest BCUT2D eigenvalue weighted by atomic mass is 9.71. The van der Waals surface area contributed by atoms with Crippen molar-refractivity contribution in [1.29, 1.82) is 0 Å². The lowest BCUT2D eigenvalue weighted by molar-refractivity contribution is -0.158. The van der Waals surface area contributed by atoms with Crippen LogP contribution in [-0.4, -0.2) is 17.0 Å². The van der Waals surface area contributed by atoms with Gasteiger partial charge in [0.05, 0.1) is 12.3 Å². The van der Waals surface area contributed by atoms with Gasteiger partial charge in [-0.1, -0.05) is 109 Å². The van der Waals surface area contributed by atoms with Crippen molar-refractivity contribution in [1.82, 2.24) is 0 Å². The van der Waals surface area contributed by atoms with Crippen LogP contribution in [0.3, 0.4) is 0 Å². The second kappa shape index (κ2) is 10.6. The van der Waals surface area contributed by atoms with E-state index in [0.29, 0.717) is 6.42 Å². The number of hydrogen-bond acceptors (Lipinski definition) is 3. The van der Waals surface area contributed by atoms with Crippen LogP contribution < -0.4 is 0 Å². The largest absolute Gasteiger partial charge is 0.481 e. The zero-order chi connectivity index (χ0) is 24.9. The molecule has 4 aromatic carbocycles. The van der Waals surface area contributed by atoms with Crippen LogP contribution in [0.15, 0.2) is 109 Å². The maximum absolute atomic E-state index is 13.9. The Hall–Kier alpha value is -4.18. The molecule has 1 aliphatic rings. The standard InChI is InChI=1S/C32H28O4/c33-30(34)21-28(31-26-17-9-7-15-24(26)20-25-16-8-10-18-27(25)31)32(35)36-29(23-13-5-2-6-14-23)19-22-11-3-1-4-12-22/h1-18,28-29,31H,19-21H2,(H,33,34). The summed E-state index contributed by atoms with van der Waals surface area (Å²) in [5.74, 6) is -2.74. The van der Waals surface area contributed by atoms with Crippen molar-refractivity contribution in [3.8, 4) is 0 Å². The van der Waals surface area contributed by atoms with Crippen LogP contribution in [0.4, 0.5) is 0 Å². The molecule has 0 radical (unpaired) electrons. The average molecular weight is 477 g/mol. The molecular weight excluding hydrogens is 448 g/mol. The molecule has 4 heteroatoms. The molecule has 2 atom stereocenters. The predicted molar refractivity (Wildman–Crippen MR) is 139 cm³/mol. The number of carbonyl (C=O) groups is 2. The lowest BCUT2D eigenvalue weighted by Crippen LogP contribution is -2.31. The number of esters is 1. The van der Waals surface area contributed by atoms with Crippen molar-refractivity contribution in [3.05, 3.63) is 143 Å². The minimum absolute atomic E-state index is 0.307. The number of carboxylic acids is 1. The van der Waals surface area contributed by atoms with E-state index in [1.807, 2.05) is 97.1 Å². The van der Waals surface area contributed by atoms with Crippen LogP contribution in [0.1, 0.15) is 51.8 Å². The molecule has 0 fully saturated rings. The number of aliphatic carboxylic acids is 1. The maximum Gasteiger partial charge on any atom is 0.311 e. The molecule has 0 heterocycles. The fourth-order valence-electron chi connectivity index (χ4n) is 5.28. The van der Waals surface area contributed by atoms with Gasteiger partial charge in [-0.3, -0.25) is 9.59 Å². The third kappa shape index (κ3) is 5.08. The van der Waals surface area contributed by atoms with Crippen LogP contribution in [0.2, 0.25) is 0 Å². The number of benzene rings is 4. The highest BCUT2D eigenvalue weighted by Gasteiger charge is 2.39. The van der Waals surface area contributed by atoms with Crippen molar-refractivity contribution < 1.29 is 19.4 Å². The third-order valence-electron chi connectivity index (χ3n) is 6.95. The van der Waals surface area contributed by atoms with E-state index >= 15 is 0 Å². The van der Waals surface area contributed by atoms with E-state index in [0.717, 1.165) is 39.8 Å². The summed E-state index contributed by atoms with van der Waals surface area (Å²) >= 11 is 0. The van der Waals surface area contributed by atoms with Crippen LogP contribution in [0.25, 0.3) is 0 Å². The number of rotatable bonds is 8. The minimum atomic E-state index is -1.02. The molecule has 4 aromatic rings. The molecule has 1 N–H and O–H groups in total. The first-order valence-corrected chi connectivity index (χ1v) is 12.3. The second-order valence-corrected chi connectivity index (χ2v) is 9.28. The molecule has 0 aliphatic heterocycles. The third-order valence-corrected chi connectivity index (χ3v) is 6.95. The zero-order valence-electron chi connectivity index (χ0n) is 19.9. The normalized spacial score (nSPS) is 14.2. The van der Waals surface area contributed by atoms with Gasteiger partial charge in [-0.05, 0) is 39.8 Å². The number of fused-ring (bicyclic) bond motifs is 2. The molecule has 4 nitrogen and oxygen atoms in total. The Bertz CT molecular complexity index is 1300. The molecule has 0 bridgehead atoms. The van der Waals surface area contributed by atoms with E-state index in [9.17, 15) is 14.7 Å². The van der Waals surface area contributed by atoms with Crippen LogP contribution in [0, 0.1) is 5.92 Å². The molecule has 1 aliphatic carbocycles. The van der Waals surface area contributed by atoms with Crippen molar-refractivity contribution in [2.75, 3.05) is 0 Å². The summed E-state index contributed by atoms with van der Waals surface area (Å²) in [6.45, 7) is 0. The first kappa shape index (κ1) is 23.6. The van der Waals surface area contributed by atoms with Gasteiger partial charge in [-0.25, -0.2) is 0 Å². The van der Waals surface area contributed by atoms with Gasteiger partial charge in [-0.15, -0.1) is 0 Å². The van der Waals surface area contributed by atoms with E-state index in [1.54, 1.807) is 0 Å². The quantitative estimate of drug-likeness (QED) is 0.301. The van der Waals surface area contributed by atoms with Gasteiger partial charge in [0.25, 0.3) is 0 Å². The maximum atomic E-state index is 13.9. The summed E-state index contributed by atoms with van der Waals surface area (Å²) in [5.41, 5.74) is 6.16. The molecule has 180 valence electrons. The van der Waals surface area contributed by atoms with Crippen molar-refractivity contribution in [2.45, 2.75) is 31.3 Å². The first-order chi connectivity index (χ1) is 17.6. The Kier molecular flexibility index (Phi) is 6.94. The van der Waals surface area contributed by atoms with Gasteiger partial charge in [-0.2, -0.15) is 0 Å². The summed E-state index contributed by atoms with van der Waals surface area (Å²) in [4.78, 5) is 25.9. The molecular formula is C32H28O4. The molecule has 0 spiro atoms. The Morgan fingerprint density at radius 2 is 1.28 bits per heavy atom. The number of hydrogen-bond donors (Lipinski definition) is 1. The monoisotopic (exact) mass is 476 g/mol.